The standard InChI is InChI=1S/C10H20Cl4SSi2/c1-9(5-3-7-16(11)12)15-10(2)6-4-8-17(13)14/h9-10H,3-8H2,1-2H3. The largest absolute Gasteiger partial charge is 0.273 e. The molecule has 7 heteroatoms. The summed E-state index contributed by atoms with van der Waals surface area (Å²) in [5.41, 5.74) is 0. The molecule has 0 aliphatic rings. The van der Waals surface area contributed by atoms with E-state index in [0.717, 1.165) is 24.9 Å². The zero-order valence-electron chi connectivity index (χ0n) is 10.3. The number of rotatable bonds is 10. The lowest BCUT2D eigenvalue weighted by Crippen LogP contribution is -2.06. The summed E-state index contributed by atoms with van der Waals surface area (Å²) in [5, 5.41) is 1.38. The second-order valence-electron chi connectivity index (χ2n) is 4.22. The van der Waals surface area contributed by atoms with Crippen LogP contribution in [-0.2, 0) is 0 Å². The van der Waals surface area contributed by atoms with Crippen LogP contribution in [0, 0.1) is 0 Å². The molecule has 17 heavy (non-hydrogen) atoms. The van der Waals surface area contributed by atoms with Crippen molar-refractivity contribution in [1.29, 1.82) is 0 Å². The van der Waals surface area contributed by atoms with Gasteiger partial charge in [0.15, 0.2) is 0 Å². The molecule has 0 saturated heterocycles. The Morgan fingerprint density at radius 1 is 0.824 bits per heavy atom. The van der Waals surface area contributed by atoms with Gasteiger partial charge in [0.1, 0.15) is 0 Å². The molecular formula is C10H20Cl4SSi2. The minimum absolute atomic E-state index is 0.691. The van der Waals surface area contributed by atoms with Crippen LogP contribution in [0.2, 0.25) is 12.1 Å². The lowest BCUT2D eigenvalue weighted by atomic mass is 10.3. The van der Waals surface area contributed by atoms with E-state index in [2.05, 4.69) is 25.6 Å². The molecule has 0 aliphatic heterocycles. The molecule has 0 rings (SSSR count). The van der Waals surface area contributed by atoms with E-state index in [-0.39, 0.29) is 0 Å². The van der Waals surface area contributed by atoms with Crippen molar-refractivity contribution in [2.75, 3.05) is 0 Å². The third-order valence-electron chi connectivity index (χ3n) is 2.42. The fourth-order valence-electron chi connectivity index (χ4n) is 1.58. The van der Waals surface area contributed by atoms with E-state index in [1.807, 2.05) is 0 Å². The first-order valence-corrected chi connectivity index (χ1v) is 14.3. The van der Waals surface area contributed by atoms with Crippen molar-refractivity contribution >= 4 is 70.9 Å². The van der Waals surface area contributed by atoms with Crippen LogP contribution in [0.3, 0.4) is 0 Å². The van der Waals surface area contributed by atoms with Gasteiger partial charge in [-0.3, -0.25) is 0 Å². The third kappa shape index (κ3) is 14.2. The summed E-state index contributed by atoms with van der Waals surface area (Å²) in [6.07, 6.45) is 4.72. The van der Waals surface area contributed by atoms with Gasteiger partial charge in [0, 0.05) is 10.5 Å². The number of halogens is 4. The molecule has 0 fully saturated rings. The second-order valence-corrected chi connectivity index (χ2v) is 15.1. The lowest BCUT2D eigenvalue weighted by molar-refractivity contribution is 0.753. The summed E-state index contributed by atoms with van der Waals surface area (Å²) in [5.74, 6) is 0. The SMILES string of the molecule is CC(CCC[Si](Cl)Cl)SC(C)CCC[Si](Cl)Cl. The fourth-order valence-corrected chi connectivity index (χ4v) is 5.52. The maximum Gasteiger partial charge on any atom is 0.273 e. The molecule has 2 unspecified atom stereocenters. The highest BCUT2D eigenvalue weighted by atomic mass is 35.7. The van der Waals surface area contributed by atoms with Crippen LogP contribution in [0.25, 0.3) is 0 Å². The topological polar surface area (TPSA) is 0 Å². The predicted octanol–water partition coefficient (Wildman–Crippen LogP) is 5.99. The molecule has 0 bridgehead atoms. The molecule has 0 N–H and O–H groups in total. The van der Waals surface area contributed by atoms with Gasteiger partial charge >= 0.3 is 0 Å². The Balaban J connectivity index is 3.48. The quantitative estimate of drug-likeness (QED) is 0.336. The van der Waals surface area contributed by atoms with Crippen LogP contribution in [0.4, 0.5) is 0 Å². The van der Waals surface area contributed by atoms with Gasteiger partial charge in [0.2, 0.25) is 0 Å². The maximum atomic E-state index is 5.80. The van der Waals surface area contributed by atoms with Crippen molar-refractivity contribution in [3.8, 4) is 0 Å². The van der Waals surface area contributed by atoms with Gasteiger partial charge in [-0.15, -0.1) is 44.3 Å². The van der Waals surface area contributed by atoms with Crippen molar-refractivity contribution in [2.45, 2.75) is 62.1 Å². The molecule has 0 spiro atoms. The van der Waals surface area contributed by atoms with E-state index >= 15 is 0 Å². The number of hydrogen-bond acceptors (Lipinski definition) is 1. The highest BCUT2D eigenvalue weighted by molar-refractivity contribution is 8.00. The van der Waals surface area contributed by atoms with Crippen molar-refractivity contribution in [3.05, 3.63) is 0 Å². The average Bonchev–Trinajstić information content (AvgIpc) is 2.15. The maximum absolute atomic E-state index is 5.80. The normalized spacial score (nSPS) is 15.5. The van der Waals surface area contributed by atoms with E-state index in [0.29, 0.717) is 10.5 Å². The zero-order valence-corrected chi connectivity index (χ0v) is 16.2. The van der Waals surface area contributed by atoms with E-state index in [4.69, 9.17) is 44.3 Å². The Bertz CT molecular complexity index is 166. The predicted molar refractivity (Wildman–Crippen MR) is 89.5 cm³/mol. The molecular weight excluding hydrogens is 350 g/mol. The van der Waals surface area contributed by atoms with E-state index in [9.17, 15) is 0 Å². The average molecular weight is 370 g/mol. The third-order valence-corrected chi connectivity index (χ3v) is 7.55. The molecule has 0 aromatic heterocycles. The molecule has 0 heterocycles. The van der Waals surface area contributed by atoms with Crippen LogP contribution >= 0.6 is 56.1 Å². The monoisotopic (exact) mass is 368 g/mol. The smallest absolute Gasteiger partial charge is 0.156 e. The number of thioether (sulfide) groups is 1. The first-order chi connectivity index (χ1) is 7.91. The van der Waals surface area contributed by atoms with Crippen LogP contribution in [0.5, 0.6) is 0 Å². The molecule has 0 aromatic carbocycles. The first kappa shape index (κ1) is 18.9. The van der Waals surface area contributed by atoms with E-state index < -0.39 is 14.8 Å². The van der Waals surface area contributed by atoms with Gasteiger partial charge in [-0.05, 0) is 24.9 Å². The summed E-state index contributed by atoms with van der Waals surface area (Å²) in [7, 11) is -2.14. The molecule has 0 aromatic rings. The van der Waals surface area contributed by atoms with Gasteiger partial charge in [-0.2, -0.15) is 11.8 Å². The van der Waals surface area contributed by atoms with Crippen molar-refractivity contribution in [3.63, 3.8) is 0 Å². The van der Waals surface area contributed by atoms with Crippen LogP contribution in [0.1, 0.15) is 39.5 Å². The zero-order chi connectivity index (χ0) is 13.3. The van der Waals surface area contributed by atoms with E-state index in [1.165, 1.54) is 12.8 Å². The Hall–Kier alpha value is 1.94. The summed E-state index contributed by atoms with van der Waals surface area (Å²) < 4.78 is 0. The Morgan fingerprint density at radius 2 is 1.18 bits per heavy atom. The molecule has 0 aliphatic carbocycles. The van der Waals surface area contributed by atoms with Gasteiger partial charge < -0.3 is 0 Å². The highest BCUT2D eigenvalue weighted by Gasteiger charge is 2.12. The molecule has 2 radical (unpaired) electrons. The summed E-state index contributed by atoms with van der Waals surface area (Å²) in [4.78, 5) is 0. The molecule has 0 saturated carbocycles. The van der Waals surface area contributed by atoms with Crippen LogP contribution < -0.4 is 0 Å². The molecule has 0 amide bonds. The van der Waals surface area contributed by atoms with Gasteiger partial charge in [-0.1, -0.05) is 26.7 Å². The van der Waals surface area contributed by atoms with Crippen LogP contribution in [0.15, 0.2) is 0 Å². The van der Waals surface area contributed by atoms with Gasteiger partial charge in [0.25, 0.3) is 14.8 Å². The van der Waals surface area contributed by atoms with Crippen LogP contribution in [-0.4, -0.2) is 25.3 Å². The summed E-state index contributed by atoms with van der Waals surface area (Å²) in [6.45, 7) is 4.57. The summed E-state index contributed by atoms with van der Waals surface area (Å²) in [6, 6.07) is 1.99. The number of hydrogen-bond donors (Lipinski definition) is 0. The highest BCUT2D eigenvalue weighted by Crippen LogP contribution is 2.26. The molecule has 102 valence electrons. The van der Waals surface area contributed by atoms with E-state index in [1.54, 1.807) is 0 Å². The van der Waals surface area contributed by atoms with Crippen molar-refractivity contribution in [1.82, 2.24) is 0 Å². The fraction of sp³-hybridized carbons (Fsp3) is 1.00. The summed E-state index contributed by atoms with van der Waals surface area (Å²) >= 11 is 25.3. The second kappa shape index (κ2) is 11.7. The minimum atomic E-state index is -1.07. The minimum Gasteiger partial charge on any atom is -0.156 e. The Labute approximate surface area is 132 Å². The van der Waals surface area contributed by atoms with Crippen molar-refractivity contribution < 1.29 is 0 Å². The van der Waals surface area contributed by atoms with Crippen molar-refractivity contribution in [2.24, 2.45) is 0 Å². The van der Waals surface area contributed by atoms with Gasteiger partial charge in [-0.25, -0.2) is 0 Å². The first-order valence-electron chi connectivity index (χ1n) is 5.91. The molecule has 2 atom stereocenters. The van der Waals surface area contributed by atoms with Gasteiger partial charge in [0.05, 0.1) is 0 Å². The molecule has 0 nitrogen and oxygen atoms in total. The lowest BCUT2D eigenvalue weighted by Gasteiger charge is -2.17. The Morgan fingerprint density at radius 3 is 1.47 bits per heavy atom. The Kier molecular flexibility index (Phi) is 13.1.